The summed E-state index contributed by atoms with van der Waals surface area (Å²) in [4.78, 5) is 26.5. The molecule has 0 N–H and O–H groups in total. The fourth-order valence-corrected chi connectivity index (χ4v) is 5.81. The second-order valence-electron chi connectivity index (χ2n) is 8.39. The summed E-state index contributed by atoms with van der Waals surface area (Å²) in [6, 6.07) is 11.5. The van der Waals surface area contributed by atoms with Gasteiger partial charge in [0.05, 0.1) is 0 Å². The summed E-state index contributed by atoms with van der Waals surface area (Å²) >= 11 is 0. The lowest BCUT2D eigenvalue weighted by atomic mass is 9.81. The minimum absolute atomic E-state index is 0.0670. The van der Waals surface area contributed by atoms with Crippen molar-refractivity contribution in [2.24, 2.45) is 23.7 Å². The Bertz CT molecular complexity index is 921. The zero-order chi connectivity index (χ0) is 19.4. The molecule has 4 atom stereocenters. The van der Waals surface area contributed by atoms with Crippen molar-refractivity contribution >= 4 is 11.6 Å². The van der Waals surface area contributed by atoms with Crippen LogP contribution in [0.15, 0.2) is 42.5 Å². The number of carbonyl (C=O) groups is 2. The van der Waals surface area contributed by atoms with Gasteiger partial charge in [0.15, 0.2) is 11.6 Å². The third-order valence-electron chi connectivity index (χ3n) is 7.00. The van der Waals surface area contributed by atoms with Gasteiger partial charge in [-0.2, -0.15) is 0 Å². The van der Waals surface area contributed by atoms with Gasteiger partial charge in [0.25, 0.3) is 0 Å². The summed E-state index contributed by atoms with van der Waals surface area (Å²) in [5.74, 6) is 1.04. The highest BCUT2D eigenvalue weighted by atomic mass is 19.1. The zero-order valence-corrected chi connectivity index (χ0v) is 15.9. The SMILES string of the molecule is CCc1ccc(Oc2ccc(F)cc2)cc1C1C(=O)C2C3CCC(C3)C2C1=O. The summed E-state index contributed by atoms with van der Waals surface area (Å²) < 4.78 is 19.0. The number of hydrogen-bond donors (Lipinski definition) is 0. The van der Waals surface area contributed by atoms with E-state index in [0.29, 0.717) is 23.3 Å². The van der Waals surface area contributed by atoms with E-state index in [0.717, 1.165) is 36.8 Å². The molecule has 4 unspecified atom stereocenters. The maximum atomic E-state index is 13.3. The Hall–Kier alpha value is -2.49. The molecule has 28 heavy (non-hydrogen) atoms. The maximum absolute atomic E-state index is 13.3. The molecular formula is C24H23FO3. The number of ketones is 2. The van der Waals surface area contributed by atoms with Crippen LogP contribution in [0.1, 0.15) is 43.2 Å². The van der Waals surface area contributed by atoms with Crippen LogP contribution in [0, 0.1) is 29.5 Å². The topological polar surface area (TPSA) is 43.4 Å². The van der Waals surface area contributed by atoms with E-state index in [4.69, 9.17) is 4.74 Å². The van der Waals surface area contributed by atoms with Gasteiger partial charge < -0.3 is 4.74 Å². The second kappa shape index (κ2) is 6.54. The molecule has 2 aromatic carbocycles. The lowest BCUT2D eigenvalue weighted by Crippen LogP contribution is -2.24. The average molecular weight is 378 g/mol. The second-order valence-corrected chi connectivity index (χ2v) is 8.39. The molecule has 0 heterocycles. The Kier molecular flexibility index (Phi) is 4.11. The highest BCUT2D eigenvalue weighted by Crippen LogP contribution is 2.59. The average Bonchev–Trinajstić information content (AvgIpc) is 3.37. The Labute approximate surface area is 163 Å². The van der Waals surface area contributed by atoms with E-state index in [1.165, 1.54) is 12.1 Å². The maximum Gasteiger partial charge on any atom is 0.151 e. The van der Waals surface area contributed by atoms with Crippen molar-refractivity contribution in [2.45, 2.75) is 38.5 Å². The predicted octanol–water partition coefficient (Wildman–Crippen LogP) is 5.08. The van der Waals surface area contributed by atoms with Crippen LogP contribution < -0.4 is 4.74 Å². The van der Waals surface area contributed by atoms with Crippen LogP contribution in [0.25, 0.3) is 0 Å². The molecule has 2 aromatic rings. The molecule has 0 spiro atoms. The molecule has 3 fully saturated rings. The van der Waals surface area contributed by atoms with E-state index in [2.05, 4.69) is 0 Å². The third kappa shape index (κ3) is 2.61. The smallest absolute Gasteiger partial charge is 0.151 e. The van der Waals surface area contributed by atoms with Crippen LogP contribution >= 0.6 is 0 Å². The molecular weight excluding hydrogens is 355 g/mol. The summed E-state index contributed by atoms with van der Waals surface area (Å²) in [7, 11) is 0. The van der Waals surface area contributed by atoms with Gasteiger partial charge in [-0.25, -0.2) is 4.39 Å². The van der Waals surface area contributed by atoms with Gasteiger partial charge in [0, 0.05) is 11.8 Å². The summed E-state index contributed by atoms with van der Waals surface area (Å²) in [5.41, 5.74) is 1.82. The number of aryl methyl sites for hydroxylation is 1. The van der Waals surface area contributed by atoms with Crippen molar-refractivity contribution < 1.29 is 18.7 Å². The molecule has 0 saturated heterocycles. The summed E-state index contributed by atoms with van der Waals surface area (Å²) in [6.45, 7) is 2.04. The first-order chi connectivity index (χ1) is 13.6. The molecule has 3 saturated carbocycles. The van der Waals surface area contributed by atoms with Gasteiger partial charge in [0.1, 0.15) is 23.2 Å². The predicted molar refractivity (Wildman–Crippen MR) is 103 cm³/mol. The molecule has 3 nitrogen and oxygen atoms in total. The van der Waals surface area contributed by atoms with Crippen LogP contribution in [0.2, 0.25) is 0 Å². The molecule has 2 bridgehead atoms. The van der Waals surface area contributed by atoms with Crippen molar-refractivity contribution in [2.75, 3.05) is 0 Å². The Morgan fingerprint density at radius 2 is 1.54 bits per heavy atom. The minimum atomic E-state index is -0.648. The van der Waals surface area contributed by atoms with Crippen molar-refractivity contribution in [1.29, 1.82) is 0 Å². The van der Waals surface area contributed by atoms with Crippen LogP contribution in [0.5, 0.6) is 11.5 Å². The lowest BCUT2D eigenvalue weighted by Gasteiger charge is -2.21. The number of rotatable bonds is 4. The molecule has 3 aliphatic carbocycles. The third-order valence-corrected chi connectivity index (χ3v) is 7.00. The molecule has 0 amide bonds. The lowest BCUT2D eigenvalue weighted by molar-refractivity contribution is -0.125. The van der Waals surface area contributed by atoms with Crippen LogP contribution in [-0.2, 0) is 16.0 Å². The van der Waals surface area contributed by atoms with Gasteiger partial charge >= 0.3 is 0 Å². The fourth-order valence-electron chi connectivity index (χ4n) is 5.81. The quantitative estimate of drug-likeness (QED) is 0.697. The largest absolute Gasteiger partial charge is 0.457 e. The minimum Gasteiger partial charge on any atom is -0.457 e. The van der Waals surface area contributed by atoms with Gasteiger partial charge in [-0.05, 0) is 85.0 Å². The van der Waals surface area contributed by atoms with Crippen LogP contribution in [-0.4, -0.2) is 11.6 Å². The molecule has 4 heteroatoms. The van der Waals surface area contributed by atoms with Crippen molar-refractivity contribution in [1.82, 2.24) is 0 Å². The van der Waals surface area contributed by atoms with E-state index in [1.807, 2.05) is 25.1 Å². The molecule has 0 radical (unpaired) electrons. The highest BCUT2D eigenvalue weighted by Gasteiger charge is 2.61. The number of fused-ring (bicyclic) bond motifs is 5. The molecule has 0 aliphatic heterocycles. The van der Waals surface area contributed by atoms with Gasteiger partial charge in [-0.3, -0.25) is 9.59 Å². The van der Waals surface area contributed by atoms with Crippen LogP contribution in [0.3, 0.4) is 0 Å². The molecule has 144 valence electrons. The Morgan fingerprint density at radius 1 is 0.929 bits per heavy atom. The van der Waals surface area contributed by atoms with E-state index >= 15 is 0 Å². The Morgan fingerprint density at radius 3 is 2.14 bits per heavy atom. The summed E-state index contributed by atoms with van der Waals surface area (Å²) in [5, 5.41) is 0. The Balaban J connectivity index is 1.49. The first-order valence-electron chi connectivity index (χ1n) is 10.2. The fraction of sp³-hybridized carbons (Fsp3) is 0.417. The van der Waals surface area contributed by atoms with Crippen molar-refractivity contribution in [3.8, 4) is 11.5 Å². The standard InChI is InChI=1S/C24H23FO3/c1-2-13-5-8-18(28-17-9-6-16(25)7-10-17)12-19(13)22-23(26)20-14-3-4-15(11-14)21(20)24(22)27/h5-10,12,14-15,20-22H,2-4,11H2,1H3. The van der Waals surface area contributed by atoms with E-state index < -0.39 is 5.92 Å². The number of benzene rings is 2. The van der Waals surface area contributed by atoms with Gasteiger partial charge in [-0.1, -0.05) is 13.0 Å². The molecule has 5 rings (SSSR count). The number of ether oxygens (including phenoxy) is 1. The van der Waals surface area contributed by atoms with E-state index in [-0.39, 0.29) is 29.2 Å². The highest BCUT2D eigenvalue weighted by molar-refractivity contribution is 6.16. The van der Waals surface area contributed by atoms with Crippen molar-refractivity contribution in [3.63, 3.8) is 0 Å². The monoisotopic (exact) mass is 378 g/mol. The molecule has 3 aliphatic rings. The van der Waals surface area contributed by atoms with Gasteiger partial charge in [0.2, 0.25) is 0 Å². The number of Topliss-reactive ketones (excluding diaryl/α,β-unsaturated/α-hetero) is 2. The zero-order valence-electron chi connectivity index (χ0n) is 15.9. The van der Waals surface area contributed by atoms with Crippen LogP contribution in [0.4, 0.5) is 4.39 Å². The number of halogens is 1. The first-order valence-corrected chi connectivity index (χ1v) is 10.2. The van der Waals surface area contributed by atoms with E-state index in [9.17, 15) is 14.0 Å². The van der Waals surface area contributed by atoms with E-state index in [1.54, 1.807) is 12.1 Å². The van der Waals surface area contributed by atoms with Gasteiger partial charge in [-0.15, -0.1) is 0 Å². The first kappa shape index (κ1) is 17.6. The summed E-state index contributed by atoms with van der Waals surface area (Å²) in [6.07, 6.45) is 3.98. The van der Waals surface area contributed by atoms with Crippen molar-refractivity contribution in [3.05, 3.63) is 59.4 Å². The normalized spacial score (nSPS) is 30.7. The number of hydrogen-bond acceptors (Lipinski definition) is 3. The number of carbonyl (C=O) groups excluding carboxylic acids is 2. The molecule has 0 aromatic heterocycles.